The second kappa shape index (κ2) is 10.00. The summed E-state index contributed by atoms with van der Waals surface area (Å²) in [5, 5.41) is 20.0. The van der Waals surface area contributed by atoms with Crippen molar-refractivity contribution in [3.63, 3.8) is 0 Å². The van der Waals surface area contributed by atoms with Gasteiger partial charge in [-0.3, -0.25) is 9.59 Å². The molecular weight excluding hydrogens is 344 g/mol. The lowest BCUT2D eigenvalue weighted by Crippen LogP contribution is -2.51. The molecule has 0 spiro atoms. The number of rotatable bonds is 9. The molecule has 0 heterocycles. The molecule has 2 N–H and O–H groups in total. The summed E-state index contributed by atoms with van der Waals surface area (Å²) in [6.45, 7) is 4.36. The molecule has 0 radical (unpaired) electrons. The monoisotopic (exact) mass is 376 g/mol. The van der Waals surface area contributed by atoms with Gasteiger partial charge in [0.05, 0.1) is 12.5 Å². The topological polar surface area (TPSA) is 83.8 Å². The molecule has 5 nitrogen and oxygen atoms in total. The zero-order valence-corrected chi connectivity index (χ0v) is 16.5. The minimum absolute atomic E-state index is 0.176. The van der Waals surface area contributed by atoms with E-state index < -0.39 is 17.5 Å². The van der Waals surface area contributed by atoms with Crippen LogP contribution in [0.25, 0.3) is 0 Å². The van der Waals surface area contributed by atoms with Crippen molar-refractivity contribution in [1.82, 2.24) is 0 Å². The van der Waals surface area contributed by atoms with E-state index in [-0.39, 0.29) is 25.4 Å². The minimum atomic E-state index is -1.69. The predicted octanol–water partition coefficient (Wildman–Crippen LogP) is 3.50. The Morgan fingerprint density at radius 2 is 1.85 bits per heavy atom. The Labute approximate surface area is 161 Å². The van der Waals surface area contributed by atoms with Gasteiger partial charge < -0.3 is 14.9 Å². The average Bonchev–Trinajstić information content (AvgIpc) is 2.66. The van der Waals surface area contributed by atoms with Crippen molar-refractivity contribution in [3.05, 3.63) is 34.9 Å². The van der Waals surface area contributed by atoms with Crippen LogP contribution in [0, 0.1) is 19.8 Å². The fraction of sp³-hybridized carbons (Fsp3) is 0.636. The summed E-state index contributed by atoms with van der Waals surface area (Å²) < 4.78 is 5.37. The molecule has 5 heteroatoms. The van der Waals surface area contributed by atoms with Gasteiger partial charge >= 0.3 is 5.97 Å². The molecule has 2 atom stereocenters. The highest BCUT2D eigenvalue weighted by Crippen LogP contribution is 2.37. The largest absolute Gasteiger partial charge is 0.465 e. The number of aliphatic hydroxyl groups is 2. The molecule has 150 valence electrons. The maximum Gasteiger partial charge on any atom is 0.312 e. The van der Waals surface area contributed by atoms with Crippen LogP contribution in [-0.2, 0) is 9.53 Å². The number of esters is 1. The zero-order chi connectivity index (χ0) is 19.9. The van der Waals surface area contributed by atoms with E-state index in [0.717, 1.165) is 49.7 Å². The number of hydrogen-bond donors (Lipinski definition) is 2. The van der Waals surface area contributed by atoms with Crippen molar-refractivity contribution in [2.24, 2.45) is 5.92 Å². The van der Waals surface area contributed by atoms with Gasteiger partial charge in [0.15, 0.2) is 5.78 Å². The molecule has 0 aromatic heterocycles. The molecule has 2 unspecified atom stereocenters. The second-order valence-corrected chi connectivity index (χ2v) is 7.66. The maximum atomic E-state index is 13.1. The van der Waals surface area contributed by atoms with Crippen LogP contribution in [0.1, 0.15) is 72.9 Å². The van der Waals surface area contributed by atoms with Crippen molar-refractivity contribution in [1.29, 1.82) is 0 Å². The van der Waals surface area contributed by atoms with E-state index in [1.807, 2.05) is 19.9 Å². The number of ether oxygens (including phenoxy) is 1. The minimum Gasteiger partial charge on any atom is -0.465 e. The molecule has 0 amide bonds. The maximum absolute atomic E-state index is 13.1. The molecule has 2 rings (SSSR count). The highest BCUT2D eigenvalue weighted by molar-refractivity contribution is 6.05. The van der Waals surface area contributed by atoms with E-state index in [2.05, 4.69) is 0 Å². The first-order chi connectivity index (χ1) is 12.9. The van der Waals surface area contributed by atoms with Gasteiger partial charge in [0, 0.05) is 12.2 Å². The standard InChI is InChI=1S/C22H32O5/c1-16-10-11-18(15-17(16)2)20(24)22(26)12-6-5-9-19(22)21(25)27-14-8-4-3-7-13-23/h10-11,15,19,23,26H,3-9,12-14H2,1-2H3. The first kappa shape index (κ1) is 21.6. The Bertz CT molecular complexity index is 654. The van der Waals surface area contributed by atoms with E-state index in [9.17, 15) is 14.7 Å². The molecular formula is C22H32O5. The van der Waals surface area contributed by atoms with E-state index in [0.29, 0.717) is 12.0 Å². The summed E-state index contributed by atoms with van der Waals surface area (Å²) in [5.74, 6) is -1.66. The Balaban J connectivity index is 2.04. The van der Waals surface area contributed by atoms with Gasteiger partial charge in [-0.2, -0.15) is 0 Å². The smallest absolute Gasteiger partial charge is 0.312 e. The quantitative estimate of drug-likeness (QED) is 0.391. The fourth-order valence-electron chi connectivity index (χ4n) is 3.71. The number of aryl methyl sites for hydroxylation is 2. The number of benzene rings is 1. The molecule has 1 aromatic carbocycles. The van der Waals surface area contributed by atoms with E-state index >= 15 is 0 Å². The number of carbonyl (C=O) groups is 2. The van der Waals surface area contributed by atoms with Gasteiger partial charge in [-0.1, -0.05) is 31.4 Å². The van der Waals surface area contributed by atoms with E-state index in [1.165, 1.54) is 0 Å². The number of hydrogen-bond acceptors (Lipinski definition) is 5. The van der Waals surface area contributed by atoms with Crippen molar-refractivity contribution < 1.29 is 24.5 Å². The molecule has 1 aliphatic carbocycles. The van der Waals surface area contributed by atoms with Crippen LogP contribution in [-0.4, -0.2) is 40.8 Å². The lowest BCUT2D eigenvalue weighted by molar-refractivity contribution is -0.158. The van der Waals surface area contributed by atoms with Gasteiger partial charge in [-0.05, 0) is 63.1 Å². The number of Topliss-reactive ketones (excluding diaryl/α,β-unsaturated/α-hetero) is 1. The summed E-state index contributed by atoms with van der Waals surface area (Å²) in [6.07, 6.45) is 5.53. The van der Waals surface area contributed by atoms with Crippen molar-refractivity contribution in [2.45, 2.75) is 70.8 Å². The van der Waals surface area contributed by atoms with Gasteiger partial charge in [-0.25, -0.2) is 0 Å². The van der Waals surface area contributed by atoms with Gasteiger partial charge in [0.25, 0.3) is 0 Å². The van der Waals surface area contributed by atoms with Crippen LogP contribution in [0.3, 0.4) is 0 Å². The lowest BCUT2D eigenvalue weighted by atomic mass is 9.71. The van der Waals surface area contributed by atoms with E-state index in [4.69, 9.17) is 9.84 Å². The van der Waals surface area contributed by atoms with Crippen molar-refractivity contribution in [3.8, 4) is 0 Å². The molecule has 0 aliphatic heterocycles. The highest BCUT2D eigenvalue weighted by atomic mass is 16.5. The summed E-state index contributed by atoms with van der Waals surface area (Å²) in [6, 6.07) is 5.38. The number of ketones is 1. The molecule has 0 bridgehead atoms. The van der Waals surface area contributed by atoms with Gasteiger partial charge in [-0.15, -0.1) is 0 Å². The van der Waals surface area contributed by atoms with Crippen LogP contribution in [0.2, 0.25) is 0 Å². The molecule has 27 heavy (non-hydrogen) atoms. The third-order valence-corrected chi connectivity index (χ3v) is 5.62. The molecule has 1 aliphatic rings. The zero-order valence-electron chi connectivity index (χ0n) is 16.5. The van der Waals surface area contributed by atoms with E-state index in [1.54, 1.807) is 12.1 Å². The lowest BCUT2D eigenvalue weighted by Gasteiger charge is -2.37. The number of aliphatic hydroxyl groups excluding tert-OH is 1. The normalized spacial score (nSPS) is 22.4. The van der Waals surface area contributed by atoms with Crippen LogP contribution >= 0.6 is 0 Å². The number of unbranched alkanes of at least 4 members (excludes halogenated alkanes) is 3. The van der Waals surface area contributed by atoms with Gasteiger partial charge in [0.1, 0.15) is 5.60 Å². The van der Waals surface area contributed by atoms with Crippen molar-refractivity contribution in [2.75, 3.05) is 13.2 Å². The third kappa shape index (κ3) is 5.39. The van der Waals surface area contributed by atoms with Crippen LogP contribution in [0.4, 0.5) is 0 Å². The van der Waals surface area contributed by atoms with Crippen LogP contribution in [0.5, 0.6) is 0 Å². The van der Waals surface area contributed by atoms with Crippen molar-refractivity contribution >= 4 is 11.8 Å². The highest BCUT2D eigenvalue weighted by Gasteiger charge is 2.49. The Morgan fingerprint density at radius 1 is 1.11 bits per heavy atom. The summed E-state index contributed by atoms with van der Waals surface area (Å²) in [4.78, 5) is 25.7. The SMILES string of the molecule is Cc1ccc(C(=O)C2(O)CCCCC2C(=O)OCCCCCCO)cc1C. The Hall–Kier alpha value is -1.72. The van der Waals surface area contributed by atoms with Crippen LogP contribution < -0.4 is 0 Å². The fourth-order valence-corrected chi connectivity index (χ4v) is 3.71. The molecule has 1 fully saturated rings. The van der Waals surface area contributed by atoms with Gasteiger partial charge in [0.2, 0.25) is 0 Å². The average molecular weight is 376 g/mol. The summed E-state index contributed by atoms with van der Waals surface area (Å²) >= 11 is 0. The summed E-state index contributed by atoms with van der Waals surface area (Å²) in [5.41, 5.74) is 0.833. The molecule has 1 aromatic rings. The Morgan fingerprint density at radius 3 is 2.56 bits per heavy atom. The van der Waals surface area contributed by atoms with Crippen LogP contribution in [0.15, 0.2) is 18.2 Å². The first-order valence-electron chi connectivity index (χ1n) is 10.0. The Kier molecular flexibility index (Phi) is 7.99. The summed E-state index contributed by atoms with van der Waals surface area (Å²) in [7, 11) is 0. The number of carbonyl (C=O) groups excluding carboxylic acids is 2. The molecule has 1 saturated carbocycles. The predicted molar refractivity (Wildman–Crippen MR) is 104 cm³/mol. The third-order valence-electron chi connectivity index (χ3n) is 5.62. The second-order valence-electron chi connectivity index (χ2n) is 7.66. The first-order valence-corrected chi connectivity index (χ1v) is 10.0. The molecule has 0 saturated heterocycles.